The number of benzene rings is 1. The molecule has 0 aromatic heterocycles. The summed E-state index contributed by atoms with van der Waals surface area (Å²) in [6, 6.07) is 6.09. The standard InChI is InChI=1S/C12H14BrNO/c1-7-6-11(7)14-12(15)9-4-3-5-10(13)8(9)2/h3-5,7,11H,6H2,1-2H3,(H,14,15). The minimum atomic E-state index is 0.0446. The molecule has 0 saturated heterocycles. The fourth-order valence-electron chi connectivity index (χ4n) is 1.62. The maximum absolute atomic E-state index is 11.9. The average molecular weight is 268 g/mol. The van der Waals surface area contributed by atoms with Gasteiger partial charge in [0.15, 0.2) is 0 Å². The molecule has 2 rings (SSSR count). The van der Waals surface area contributed by atoms with E-state index >= 15 is 0 Å². The van der Waals surface area contributed by atoms with Gasteiger partial charge in [-0.15, -0.1) is 0 Å². The first-order valence-corrected chi connectivity index (χ1v) is 5.95. The van der Waals surface area contributed by atoms with Crippen LogP contribution in [0.2, 0.25) is 0 Å². The molecule has 1 saturated carbocycles. The van der Waals surface area contributed by atoms with E-state index in [0.717, 1.165) is 22.0 Å². The van der Waals surface area contributed by atoms with Gasteiger partial charge in [-0.2, -0.15) is 0 Å². The molecule has 1 aliphatic carbocycles. The summed E-state index contributed by atoms with van der Waals surface area (Å²) < 4.78 is 0.985. The van der Waals surface area contributed by atoms with Gasteiger partial charge in [0.05, 0.1) is 0 Å². The molecular formula is C12H14BrNO. The lowest BCUT2D eigenvalue weighted by molar-refractivity contribution is 0.0948. The highest BCUT2D eigenvalue weighted by Crippen LogP contribution is 2.29. The predicted octanol–water partition coefficient (Wildman–Crippen LogP) is 2.90. The second kappa shape index (κ2) is 3.97. The molecule has 0 heterocycles. The third-order valence-electron chi connectivity index (χ3n) is 2.94. The van der Waals surface area contributed by atoms with Crippen LogP contribution < -0.4 is 5.32 Å². The number of hydrogen-bond donors (Lipinski definition) is 1. The Morgan fingerprint density at radius 1 is 1.53 bits per heavy atom. The van der Waals surface area contributed by atoms with Gasteiger partial charge in [-0.25, -0.2) is 0 Å². The van der Waals surface area contributed by atoms with Gasteiger partial charge in [-0.3, -0.25) is 4.79 Å². The summed E-state index contributed by atoms with van der Waals surface area (Å²) in [4.78, 5) is 11.9. The number of hydrogen-bond acceptors (Lipinski definition) is 1. The molecule has 2 unspecified atom stereocenters. The van der Waals surface area contributed by atoms with Crippen LogP contribution >= 0.6 is 15.9 Å². The Balaban J connectivity index is 2.14. The van der Waals surface area contributed by atoms with Crippen molar-refractivity contribution in [1.29, 1.82) is 0 Å². The molecule has 0 radical (unpaired) electrons. The minimum absolute atomic E-state index is 0.0446. The summed E-state index contributed by atoms with van der Waals surface area (Å²) in [5.41, 5.74) is 1.77. The van der Waals surface area contributed by atoms with E-state index in [4.69, 9.17) is 0 Å². The lowest BCUT2D eigenvalue weighted by atomic mass is 10.1. The zero-order chi connectivity index (χ0) is 11.0. The minimum Gasteiger partial charge on any atom is -0.349 e. The molecule has 1 fully saturated rings. The monoisotopic (exact) mass is 267 g/mol. The molecule has 2 atom stereocenters. The predicted molar refractivity (Wildman–Crippen MR) is 63.9 cm³/mol. The van der Waals surface area contributed by atoms with E-state index in [1.165, 1.54) is 0 Å². The first-order valence-electron chi connectivity index (χ1n) is 5.15. The molecule has 1 aliphatic rings. The van der Waals surface area contributed by atoms with E-state index < -0.39 is 0 Å². The van der Waals surface area contributed by atoms with Crippen molar-refractivity contribution in [3.8, 4) is 0 Å². The average Bonchev–Trinajstić information content (AvgIpc) is 2.86. The fraction of sp³-hybridized carbons (Fsp3) is 0.417. The number of nitrogens with one attached hydrogen (secondary N) is 1. The van der Waals surface area contributed by atoms with E-state index in [-0.39, 0.29) is 5.91 Å². The van der Waals surface area contributed by atoms with E-state index in [1.807, 2.05) is 25.1 Å². The SMILES string of the molecule is Cc1c(Br)cccc1C(=O)NC1CC1C. The largest absolute Gasteiger partial charge is 0.349 e. The van der Waals surface area contributed by atoms with Gasteiger partial charge in [-0.05, 0) is 37.0 Å². The van der Waals surface area contributed by atoms with E-state index in [2.05, 4.69) is 28.2 Å². The highest BCUT2D eigenvalue weighted by Gasteiger charge is 2.34. The Morgan fingerprint density at radius 3 is 2.80 bits per heavy atom. The topological polar surface area (TPSA) is 29.1 Å². The van der Waals surface area contributed by atoms with Crippen LogP contribution in [-0.4, -0.2) is 11.9 Å². The van der Waals surface area contributed by atoms with Crippen LogP contribution in [0.15, 0.2) is 22.7 Å². The Hall–Kier alpha value is -0.830. The fourth-order valence-corrected chi connectivity index (χ4v) is 1.99. The normalized spacial score (nSPS) is 23.7. The first kappa shape index (κ1) is 10.7. The van der Waals surface area contributed by atoms with E-state index in [9.17, 15) is 4.79 Å². The van der Waals surface area contributed by atoms with Crippen LogP contribution in [0.4, 0.5) is 0 Å². The summed E-state index contributed by atoms with van der Waals surface area (Å²) >= 11 is 3.43. The Labute approximate surface area is 98.2 Å². The Kier molecular flexibility index (Phi) is 2.83. The summed E-state index contributed by atoms with van der Waals surface area (Å²) in [5.74, 6) is 0.685. The Bertz CT molecular complexity index is 403. The van der Waals surface area contributed by atoms with Crippen molar-refractivity contribution in [3.05, 3.63) is 33.8 Å². The second-order valence-corrected chi connectivity index (χ2v) is 5.06. The quantitative estimate of drug-likeness (QED) is 0.877. The highest BCUT2D eigenvalue weighted by atomic mass is 79.9. The first-order chi connectivity index (χ1) is 7.09. The van der Waals surface area contributed by atoms with Crippen LogP contribution in [-0.2, 0) is 0 Å². The zero-order valence-corrected chi connectivity index (χ0v) is 10.5. The molecule has 0 spiro atoms. The van der Waals surface area contributed by atoms with Crippen molar-refractivity contribution in [3.63, 3.8) is 0 Å². The van der Waals surface area contributed by atoms with Crippen LogP contribution in [0.3, 0.4) is 0 Å². The molecule has 15 heavy (non-hydrogen) atoms. The van der Waals surface area contributed by atoms with E-state index in [1.54, 1.807) is 0 Å². The molecule has 2 nitrogen and oxygen atoms in total. The molecule has 1 aromatic carbocycles. The molecule has 0 aliphatic heterocycles. The van der Waals surface area contributed by atoms with Crippen LogP contribution in [0.25, 0.3) is 0 Å². The number of halogens is 1. The molecule has 1 N–H and O–H groups in total. The summed E-state index contributed by atoms with van der Waals surface area (Å²) in [6.07, 6.45) is 1.11. The maximum atomic E-state index is 11.9. The molecule has 80 valence electrons. The van der Waals surface area contributed by atoms with Gasteiger partial charge in [0, 0.05) is 16.1 Å². The molecule has 0 bridgehead atoms. The summed E-state index contributed by atoms with van der Waals surface area (Å²) in [5, 5.41) is 3.03. The van der Waals surface area contributed by atoms with Crippen LogP contribution in [0, 0.1) is 12.8 Å². The zero-order valence-electron chi connectivity index (χ0n) is 8.88. The van der Waals surface area contributed by atoms with Gasteiger partial charge >= 0.3 is 0 Å². The molecular weight excluding hydrogens is 254 g/mol. The van der Waals surface area contributed by atoms with Gasteiger partial charge in [0.1, 0.15) is 0 Å². The van der Waals surface area contributed by atoms with Gasteiger partial charge in [-0.1, -0.05) is 28.9 Å². The van der Waals surface area contributed by atoms with Crippen molar-refractivity contribution < 1.29 is 4.79 Å². The van der Waals surface area contributed by atoms with Gasteiger partial charge < -0.3 is 5.32 Å². The van der Waals surface area contributed by atoms with Crippen LogP contribution in [0.5, 0.6) is 0 Å². The summed E-state index contributed by atoms with van der Waals surface area (Å²) in [6.45, 7) is 4.11. The van der Waals surface area contributed by atoms with Crippen LogP contribution in [0.1, 0.15) is 29.3 Å². The maximum Gasteiger partial charge on any atom is 0.251 e. The second-order valence-electron chi connectivity index (χ2n) is 4.21. The molecule has 1 aromatic rings. The summed E-state index contributed by atoms with van der Waals surface area (Å²) in [7, 11) is 0. The van der Waals surface area contributed by atoms with Crippen molar-refractivity contribution in [2.24, 2.45) is 5.92 Å². The smallest absolute Gasteiger partial charge is 0.251 e. The van der Waals surface area contributed by atoms with Crippen molar-refractivity contribution >= 4 is 21.8 Å². The van der Waals surface area contributed by atoms with Crippen molar-refractivity contribution in [2.75, 3.05) is 0 Å². The Morgan fingerprint density at radius 2 is 2.20 bits per heavy atom. The van der Waals surface area contributed by atoms with E-state index in [0.29, 0.717) is 12.0 Å². The number of carbonyl (C=O) groups excluding carboxylic acids is 1. The number of rotatable bonds is 2. The van der Waals surface area contributed by atoms with Gasteiger partial charge in [0.2, 0.25) is 0 Å². The van der Waals surface area contributed by atoms with Crippen molar-refractivity contribution in [1.82, 2.24) is 5.32 Å². The molecule has 3 heteroatoms. The third-order valence-corrected chi connectivity index (χ3v) is 3.80. The number of carbonyl (C=O) groups is 1. The highest BCUT2D eigenvalue weighted by molar-refractivity contribution is 9.10. The third kappa shape index (κ3) is 2.23. The van der Waals surface area contributed by atoms with Gasteiger partial charge in [0.25, 0.3) is 5.91 Å². The lowest BCUT2D eigenvalue weighted by Gasteiger charge is -2.08. The number of amides is 1. The van der Waals surface area contributed by atoms with Crippen molar-refractivity contribution in [2.45, 2.75) is 26.3 Å². The lowest BCUT2D eigenvalue weighted by Crippen LogP contribution is -2.27. The molecule has 1 amide bonds.